The SMILES string of the molecule is CC1CC(C(=O)N(Cc2ccccc2)C2CC2)CCN1. The van der Waals surface area contributed by atoms with Crippen LogP contribution in [-0.4, -0.2) is 29.4 Å². The van der Waals surface area contributed by atoms with Crippen molar-refractivity contribution >= 4 is 5.91 Å². The Balaban J connectivity index is 1.68. The quantitative estimate of drug-likeness (QED) is 0.913. The number of piperidine rings is 1. The summed E-state index contributed by atoms with van der Waals surface area (Å²) in [5.41, 5.74) is 1.25. The first-order valence-corrected chi connectivity index (χ1v) is 7.82. The number of hydrogen-bond donors (Lipinski definition) is 1. The Morgan fingerprint density at radius 2 is 2.00 bits per heavy atom. The van der Waals surface area contributed by atoms with Crippen molar-refractivity contribution in [3.8, 4) is 0 Å². The summed E-state index contributed by atoms with van der Waals surface area (Å²) in [6.45, 7) is 3.93. The van der Waals surface area contributed by atoms with Crippen molar-refractivity contribution < 1.29 is 4.79 Å². The van der Waals surface area contributed by atoms with Gasteiger partial charge in [0.15, 0.2) is 0 Å². The Morgan fingerprint density at radius 3 is 2.65 bits per heavy atom. The average Bonchev–Trinajstić information content (AvgIpc) is 3.30. The fraction of sp³-hybridized carbons (Fsp3) is 0.588. The van der Waals surface area contributed by atoms with E-state index in [2.05, 4.69) is 41.4 Å². The number of nitrogens with zero attached hydrogens (tertiary/aromatic N) is 1. The van der Waals surface area contributed by atoms with Crippen LogP contribution >= 0.6 is 0 Å². The maximum absolute atomic E-state index is 12.8. The molecule has 2 fully saturated rings. The van der Waals surface area contributed by atoms with Crippen LogP contribution in [0, 0.1) is 5.92 Å². The number of nitrogens with one attached hydrogen (secondary N) is 1. The lowest BCUT2D eigenvalue weighted by Crippen LogP contribution is -2.44. The van der Waals surface area contributed by atoms with Crippen LogP contribution < -0.4 is 5.32 Å². The van der Waals surface area contributed by atoms with Gasteiger partial charge in [0, 0.05) is 24.5 Å². The van der Waals surface area contributed by atoms with Gasteiger partial charge in [-0.05, 0) is 44.7 Å². The van der Waals surface area contributed by atoms with Gasteiger partial charge in [0.2, 0.25) is 5.91 Å². The molecule has 2 aliphatic rings. The largest absolute Gasteiger partial charge is 0.335 e. The molecule has 2 unspecified atom stereocenters. The molecular weight excluding hydrogens is 248 g/mol. The molecule has 1 saturated carbocycles. The molecule has 1 aromatic carbocycles. The van der Waals surface area contributed by atoms with Gasteiger partial charge in [-0.3, -0.25) is 4.79 Å². The topological polar surface area (TPSA) is 32.3 Å². The highest BCUT2D eigenvalue weighted by molar-refractivity contribution is 5.79. The van der Waals surface area contributed by atoms with Crippen molar-refractivity contribution in [3.63, 3.8) is 0 Å². The van der Waals surface area contributed by atoms with Crippen LogP contribution in [0.4, 0.5) is 0 Å². The number of benzene rings is 1. The number of hydrogen-bond acceptors (Lipinski definition) is 2. The third-order valence-electron chi connectivity index (χ3n) is 4.44. The van der Waals surface area contributed by atoms with Gasteiger partial charge < -0.3 is 10.2 Å². The third-order valence-corrected chi connectivity index (χ3v) is 4.44. The zero-order chi connectivity index (χ0) is 13.9. The van der Waals surface area contributed by atoms with Crippen molar-refractivity contribution in [1.29, 1.82) is 0 Å². The van der Waals surface area contributed by atoms with Crippen molar-refractivity contribution in [2.45, 2.75) is 51.2 Å². The Labute approximate surface area is 121 Å². The fourth-order valence-corrected chi connectivity index (χ4v) is 3.14. The summed E-state index contributed by atoms with van der Waals surface area (Å²) >= 11 is 0. The molecule has 0 aromatic heterocycles. The van der Waals surface area contributed by atoms with Crippen molar-refractivity contribution in [2.24, 2.45) is 5.92 Å². The number of carbonyl (C=O) groups excluding carboxylic acids is 1. The van der Waals surface area contributed by atoms with E-state index in [9.17, 15) is 4.79 Å². The van der Waals surface area contributed by atoms with Crippen LogP contribution in [0.3, 0.4) is 0 Å². The Hall–Kier alpha value is -1.35. The molecule has 1 amide bonds. The summed E-state index contributed by atoms with van der Waals surface area (Å²) in [6.07, 6.45) is 4.33. The first-order chi connectivity index (χ1) is 9.74. The molecule has 108 valence electrons. The fourth-order valence-electron chi connectivity index (χ4n) is 3.14. The summed E-state index contributed by atoms with van der Waals surface area (Å²) in [5.74, 6) is 0.597. The summed E-state index contributed by atoms with van der Waals surface area (Å²) < 4.78 is 0. The van der Waals surface area contributed by atoms with Crippen LogP contribution in [0.2, 0.25) is 0 Å². The molecule has 1 aliphatic carbocycles. The second-order valence-electron chi connectivity index (χ2n) is 6.26. The van der Waals surface area contributed by atoms with E-state index in [0.717, 1.165) is 25.9 Å². The third kappa shape index (κ3) is 3.21. The van der Waals surface area contributed by atoms with Gasteiger partial charge in [0.1, 0.15) is 0 Å². The monoisotopic (exact) mass is 272 g/mol. The Morgan fingerprint density at radius 1 is 1.25 bits per heavy atom. The second-order valence-corrected chi connectivity index (χ2v) is 6.26. The molecule has 1 N–H and O–H groups in total. The highest BCUT2D eigenvalue weighted by Crippen LogP contribution is 2.31. The lowest BCUT2D eigenvalue weighted by molar-refractivity contribution is -0.138. The lowest BCUT2D eigenvalue weighted by Gasteiger charge is -2.32. The summed E-state index contributed by atoms with van der Waals surface area (Å²) in [6, 6.07) is 11.3. The molecule has 2 atom stereocenters. The first kappa shape index (κ1) is 13.6. The van der Waals surface area contributed by atoms with Gasteiger partial charge >= 0.3 is 0 Å². The molecule has 0 spiro atoms. The molecule has 0 bridgehead atoms. The normalized spacial score (nSPS) is 26.2. The minimum absolute atomic E-state index is 0.218. The van der Waals surface area contributed by atoms with Gasteiger partial charge in [-0.1, -0.05) is 30.3 Å². The molecular formula is C17H24N2O. The summed E-state index contributed by atoms with van der Waals surface area (Å²) in [7, 11) is 0. The van der Waals surface area contributed by atoms with E-state index >= 15 is 0 Å². The highest BCUT2D eigenvalue weighted by atomic mass is 16.2. The van der Waals surface area contributed by atoms with E-state index in [4.69, 9.17) is 0 Å². The standard InChI is InChI=1S/C17H24N2O/c1-13-11-15(9-10-18-13)17(20)19(16-7-8-16)12-14-5-3-2-4-6-14/h2-6,13,15-16,18H,7-12H2,1H3. The van der Waals surface area contributed by atoms with Gasteiger partial charge in [-0.2, -0.15) is 0 Å². The summed E-state index contributed by atoms with van der Waals surface area (Å²) in [4.78, 5) is 15.0. The van der Waals surface area contributed by atoms with Crippen LogP contribution in [-0.2, 0) is 11.3 Å². The van der Waals surface area contributed by atoms with Crippen LogP contribution in [0.15, 0.2) is 30.3 Å². The zero-order valence-electron chi connectivity index (χ0n) is 12.2. The van der Waals surface area contributed by atoms with Gasteiger partial charge in [0.05, 0.1) is 0 Å². The van der Waals surface area contributed by atoms with E-state index in [0.29, 0.717) is 18.0 Å². The van der Waals surface area contributed by atoms with E-state index in [-0.39, 0.29) is 5.92 Å². The molecule has 0 radical (unpaired) electrons. The molecule has 1 aliphatic heterocycles. The maximum atomic E-state index is 12.8. The number of carbonyl (C=O) groups is 1. The predicted molar refractivity (Wildman–Crippen MR) is 80.2 cm³/mol. The number of rotatable bonds is 4. The average molecular weight is 272 g/mol. The van der Waals surface area contributed by atoms with Crippen LogP contribution in [0.1, 0.15) is 38.2 Å². The molecule has 3 rings (SSSR count). The van der Waals surface area contributed by atoms with Crippen molar-refractivity contribution in [2.75, 3.05) is 6.54 Å². The van der Waals surface area contributed by atoms with Crippen molar-refractivity contribution in [1.82, 2.24) is 10.2 Å². The van der Waals surface area contributed by atoms with Crippen LogP contribution in [0.5, 0.6) is 0 Å². The molecule has 3 heteroatoms. The van der Waals surface area contributed by atoms with Crippen molar-refractivity contribution in [3.05, 3.63) is 35.9 Å². The van der Waals surface area contributed by atoms with E-state index < -0.39 is 0 Å². The molecule has 1 aromatic rings. The first-order valence-electron chi connectivity index (χ1n) is 7.82. The predicted octanol–water partition coefficient (Wildman–Crippen LogP) is 2.57. The van der Waals surface area contributed by atoms with E-state index in [1.54, 1.807) is 0 Å². The Bertz CT molecular complexity index is 455. The van der Waals surface area contributed by atoms with Gasteiger partial charge in [-0.25, -0.2) is 0 Å². The molecule has 1 saturated heterocycles. The summed E-state index contributed by atoms with van der Waals surface area (Å²) in [5, 5.41) is 3.43. The molecule has 3 nitrogen and oxygen atoms in total. The van der Waals surface area contributed by atoms with E-state index in [1.807, 2.05) is 6.07 Å². The maximum Gasteiger partial charge on any atom is 0.226 e. The zero-order valence-corrected chi connectivity index (χ0v) is 12.2. The van der Waals surface area contributed by atoms with E-state index in [1.165, 1.54) is 18.4 Å². The van der Waals surface area contributed by atoms with Gasteiger partial charge in [0.25, 0.3) is 0 Å². The van der Waals surface area contributed by atoms with Gasteiger partial charge in [-0.15, -0.1) is 0 Å². The molecule has 1 heterocycles. The minimum Gasteiger partial charge on any atom is -0.335 e. The second kappa shape index (κ2) is 5.96. The highest BCUT2D eigenvalue weighted by Gasteiger charge is 2.36. The smallest absolute Gasteiger partial charge is 0.226 e. The Kier molecular flexibility index (Phi) is 4.06. The van der Waals surface area contributed by atoms with Crippen LogP contribution in [0.25, 0.3) is 0 Å². The lowest BCUT2D eigenvalue weighted by atomic mass is 9.91. The molecule has 20 heavy (non-hydrogen) atoms. The number of amides is 1. The minimum atomic E-state index is 0.218.